The maximum atomic E-state index is 13.2. The maximum absolute atomic E-state index is 13.2. The third kappa shape index (κ3) is 4.42. The molecule has 0 spiro atoms. The van der Waals surface area contributed by atoms with Gasteiger partial charge in [0, 0.05) is 5.02 Å². The Morgan fingerprint density at radius 2 is 2.00 bits per heavy atom. The molecule has 3 rings (SSSR count). The summed E-state index contributed by atoms with van der Waals surface area (Å²) in [5.74, 6) is -0.334. The summed E-state index contributed by atoms with van der Waals surface area (Å²) in [6.45, 7) is 0. The van der Waals surface area contributed by atoms with Crippen molar-refractivity contribution in [1.82, 2.24) is 5.32 Å². The second-order valence-corrected chi connectivity index (χ2v) is 7.04. The molecule has 0 bridgehead atoms. The molecule has 1 amide bonds. The lowest BCUT2D eigenvalue weighted by Crippen LogP contribution is -2.19. The van der Waals surface area contributed by atoms with Crippen LogP contribution in [0.25, 0.3) is 6.08 Å². The molecule has 5 nitrogen and oxygen atoms in total. The van der Waals surface area contributed by atoms with Gasteiger partial charge in [-0.2, -0.15) is 13.2 Å². The number of carbonyl (C=O) groups is 1. The van der Waals surface area contributed by atoms with Crippen LogP contribution >= 0.6 is 23.4 Å². The number of rotatable bonds is 3. The first-order chi connectivity index (χ1) is 13.2. The van der Waals surface area contributed by atoms with Gasteiger partial charge in [0.05, 0.1) is 23.3 Å². The summed E-state index contributed by atoms with van der Waals surface area (Å²) in [6, 6.07) is 7.69. The number of thioether (sulfide) groups is 1. The molecule has 2 aromatic carbocycles. The van der Waals surface area contributed by atoms with E-state index in [1.54, 1.807) is 6.07 Å². The Balaban J connectivity index is 1.91. The third-order valence-electron chi connectivity index (χ3n) is 3.64. The summed E-state index contributed by atoms with van der Waals surface area (Å²) in [5.41, 5.74) is -0.786. The summed E-state index contributed by atoms with van der Waals surface area (Å²) >= 11 is 6.55. The molecule has 1 aliphatic rings. The van der Waals surface area contributed by atoms with E-state index < -0.39 is 17.6 Å². The Bertz CT molecular complexity index is 1010. The van der Waals surface area contributed by atoms with Crippen LogP contribution in [0.15, 0.2) is 46.3 Å². The van der Waals surface area contributed by atoms with Crippen molar-refractivity contribution in [3.8, 4) is 11.5 Å². The van der Waals surface area contributed by atoms with Gasteiger partial charge >= 0.3 is 6.18 Å². The van der Waals surface area contributed by atoms with E-state index in [1.807, 2.05) is 0 Å². The number of methoxy groups -OCH3 is 1. The molecule has 1 heterocycles. The highest BCUT2D eigenvalue weighted by Crippen LogP contribution is 2.39. The van der Waals surface area contributed by atoms with Crippen molar-refractivity contribution in [3.05, 3.63) is 57.5 Å². The van der Waals surface area contributed by atoms with Gasteiger partial charge in [-0.1, -0.05) is 17.7 Å². The number of amidine groups is 1. The maximum Gasteiger partial charge on any atom is 0.418 e. The molecule has 0 saturated carbocycles. The molecule has 28 heavy (non-hydrogen) atoms. The number of ether oxygens (including phenoxy) is 1. The van der Waals surface area contributed by atoms with Crippen molar-refractivity contribution in [2.24, 2.45) is 4.99 Å². The minimum Gasteiger partial charge on any atom is -0.504 e. The topological polar surface area (TPSA) is 70.9 Å². The fraction of sp³-hybridized carbons (Fsp3) is 0.111. The second kappa shape index (κ2) is 7.76. The van der Waals surface area contributed by atoms with Crippen molar-refractivity contribution in [2.75, 3.05) is 7.11 Å². The second-order valence-electron chi connectivity index (χ2n) is 5.57. The first-order valence-corrected chi connectivity index (χ1v) is 8.90. The van der Waals surface area contributed by atoms with Gasteiger partial charge in [-0.05, 0) is 53.7 Å². The van der Waals surface area contributed by atoms with Crippen molar-refractivity contribution in [3.63, 3.8) is 0 Å². The fourth-order valence-electron chi connectivity index (χ4n) is 2.36. The molecule has 146 valence electrons. The SMILES string of the molecule is COc1cc(/C=C2/SC(=Nc3ccc(Cl)cc3C(F)(F)F)NC2=O)ccc1O. The normalized spacial score (nSPS) is 17.2. The molecule has 10 heteroatoms. The standard InChI is InChI=1S/C18H12ClF3N2O3S/c1-27-14-6-9(2-5-13(14)25)7-15-16(26)24-17(28-15)23-12-4-3-10(19)8-11(12)18(20,21)22/h2-8,25H,1H3,(H,23,24,26)/b15-7+. The highest BCUT2D eigenvalue weighted by atomic mass is 35.5. The lowest BCUT2D eigenvalue weighted by molar-refractivity contribution is -0.137. The van der Waals surface area contributed by atoms with Gasteiger partial charge in [-0.15, -0.1) is 0 Å². The molecule has 0 radical (unpaired) electrons. The Kier molecular flexibility index (Phi) is 5.57. The van der Waals surface area contributed by atoms with Crippen molar-refractivity contribution < 1.29 is 27.8 Å². The molecule has 1 saturated heterocycles. The van der Waals surface area contributed by atoms with Gasteiger partial charge in [0.15, 0.2) is 16.7 Å². The molecular weight excluding hydrogens is 417 g/mol. The number of hydrogen-bond donors (Lipinski definition) is 2. The Hall–Kier alpha value is -2.65. The number of carbonyl (C=O) groups excluding carboxylic acids is 1. The average molecular weight is 429 g/mol. The van der Waals surface area contributed by atoms with Crippen LogP contribution < -0.4 is 10.1 Å². The zero-order valence-electron chi connectivity index (χ0n) is 14.2. The summed E-state index contributed by atoms with van der Waals surface area (Å²) in [4.78, 5) is 16.3. The number of halogens is 4. The van der Waals surface area contributed by atoms with Crippen molar-refractivity contribution in [1.29, 1.82) is 0 Å². The van der Waals surface area contributed by atoms with Gasteiger partial charge < -0.3 is 15.2 Å². The van der Waals surface area contributed by atoms with Crippen LogP contribution in [-0.2, 0) is 11.0 Å². The van der Waals surface area contributed by atoms with Crippen LogP contribution in [0, 0.1) is 0 Å². The monoisotopic (exact) mass is 428 g/mol. The minimum atomic E-state index is -4.64. The number of phenolic OH excluding ortho intramolecular Hbond substituents is 1. The first-order valence-electron chi connectivity index (χ1n) is 7.70. The van der Waals surface area contributed by atoms with Crippen LogP contribution in [0.2, 0.25) is 5.02 Å². The average Bonchev–Trinajstić information content (AvgIpc) is 2.96. The zero-order chi connectivity index (χ0) is 20.5. The van der Waals surface area contributed by atoms with Gasteiger partial charge in [0.25, 0.3) is 5.91 Å². The van der Waals surface area contributed by atoms with E-state index in [1.165, 1.54) is 31.4 Å². The van der Waals surface area contributed by atoms with Gasteiger partial charge in [0.2, 0.25) is 0 Å². The molecule has 1 aliphatic heterocycles. The summed E-state index contributed by atoms with van der Waals surface area (Å²) in [6.07, 6.45) is -3.13. The predicted octanol–water partition coefficient (Wildman–Crippen LogP) is 4.96. The lowest BCUT2D eigenvalue weighted by atomic mass is 10.2. The number of alkyl halides is 3. The van der Waals surface area contributed by atoms with E-state index in [9.17, 15) is 23.1 Å². The third-order valence-corrected chi connectivity index (χ3v) is 4.78. The molecule has 1 fully saturated rings. The fourth-order valence-corrected chi connectivity index (χ4v) is 3.36. The summed E-state index contributed by atoms with van der Waals surface area (Å²) in [7, 11) is 1.39. The summed E-state index contributed by atoms with van der Waals surface area (Å²) in [5, 5.41) is 12.0. The number of nitrogens with one attached hydrogen (secondary N) is 1. The number of benzene rings is 2. The Morgan fingerprint density at radius 1 is 1.25 bits per heavy atom. The van der Waals surface area contributed by atoms with E-state index in [-0.39, 0.29) is 32.3 Å². The van der Waals surface area contributed by atoms with Gasteiger partial charge in [-0.3, -0.25) is 4.79 Å². The van der Waals surface area contributed by atoms with Crippen molar-refractivity contribution >= 4 is 46.2 Å². The van der Waals surface area contributed by atoms with E-state index >= 15 is 0 Å². The molecule has 0 atom stereocenters. The number of hydrogen-bond acceptors (Lipinski definition) is 5. The van der Waals surface area contributed by atoms with Crippen LogP contribution in [0.3, 0.4) is 0 Å². The molecule has 2 N–H and O–H groups in total. The predicted molar refractivity (Wildman–Crippen MR) is 102 cm³/mol. The molecule has 2 aromatic rings. The first kappa shape index (κ1) is 20.1. The lowest BCUT2D eigenvalue weighted by Gasteiger charge is -2.10. The highest BCUT2D eigenvalue weighted by molar-refractivity contribution is 8.18. The molecule has 0 aromatic heterocycles. The van der Waals surface area contributed by atoms with Crippen LogP contribution in [0.1, 0.15) is 11.1 Å². The largest absolute Gasteiger partial charge is 0.504 e. The van der Waals surface area contributed by atoms with E-state index in [4.69, 9.17) is 16.3 Å². The van der Waals surface area contributed by atoms with E-state index in [2.05, 4.69) is 10.3 Å². The molecular formula is C18H12ClF3N2O3S. The van der Waals surface area contributed by atoms with Gasteiger partial charge in [-0.25, -0.2) is 4.99 Å². The number of amides is 1. The molecule has 0 aliphatic carbocycles. The van der Waals surface area contributed by atoms with Crippen LogP contribution in [0.4, 0.5) is 18.9 Å². The zero-order valence-corrected chi connectivity index (χ0v) is 15.7. The quantitative estimate of drug-likeness (QED) is 0.677. The van der Waals surface area contributed by atoms with Crippen LogP contribution in [0.5, 0.6) is 11.5 Å². The Morgan fingerprint density at radius 3 is 2.68 bits per heavy atom. The van der Waals surface area contributed by atoms with Gasteiger partial charge in [0.1, 0.15) is 0 Å². The minimum absolute atomic E-state index is 0.00909. The smallest absolute Gasteiger partial charge is 0.418 e. The van der Waals surface area contributed by atoms with Crippen molar-refractivity contribution in [2.45, 2.75) is 6.18 Å². The van der Waals surface area contributed by atoms with Crippen LogP contribution in [-0.4, -0.2) is 23.3 Å². The molecule has 0 unspecified atom stereocenters. The highest BCUT2D eigenvalue weighted by Gasteiger charge is 2.34. The number of aromatic hydroxyl groups is 1. The van der Waals surface area contributed by atoms with E-state index in [0.717, 1.165) is 23.9 Å². The number of nitrogens with zero attached hydrogens (tertiary/aromatic N) is 1. The Labute approximate surface area is 166 Å². The number of aliphatic imine (C=N–C) groups is 1. The van der Waals surface area contributed by atoms with E-state index in [0.29, 0.717) is 5.56 Å². The summed E-state index contributed by atoms with van der Waals surface area (Å²) < 4.78 is 44.5. The number of phenols is 1.